The monoisotopic (exact) mass is 537 g/mol. The minimum atomic E-state index is -1.37. The summed E-state index contributed by atoms with van der Waals surface area (Å²) in [6.07, 6.45) is 0.275. The maximum atomic E-state index is 12.6. The molecule has 0 amide bonds. The van der Waals surface area contributed by atoms with Gasteiger partial charge in [0.1, 0.15) is 12.1 Å². The molecule has 0 aliphatic heterocycles. The largest absolute Gasteiger partial charge is 0.508 e. The molecule has 0 saturated carbocycles. The van der Waals surface area contributed by atoms with Crippen molar-refractivity contribution in [2.75, 3.05) is 6.61 Å². The molecule has 214 valence electrons. The van der Waals surface area contributed by atoms with Crippen molar-refractivity contribution in [2.45, 2.75) is 92.2 Å². The van der Waals surface area contributed by atoms with E-state index >= 15 is 0 Å². The number of hydrogen-bond acceptors (Lipinski definition) is 9. The van der Waals surface area contributed by atoms with Crippen LogP contribution in [0.25, 0.3) is 0 Å². The van der Waals surface area contributed by atoms with Crippen LogP contribution >= 0.6 is 0 Å². The number of carboxylic acid groups (broad SMARTS) is 1. The SMILES string of the molecule is CCOC(=O)OC(C)C(C)C(c1ccc(OC(=O)CC(C)CC)c(OC(=O)CC(C)CC)c1)[C@H](N)C(=O)O. The molecule has 0 aromatic heterocycles. The molecule has 10 nitrogen and oxygen atoms in total. The lowest BCUT2D eigenvalue weighted by molar-refractivity contribution is -0.140. The highest BCUT2D eigenvalue weighted by molar-refractivity contribution is 5.77. The van der Waals surface area contributed by atoms with Crippen molar-refractivity contribution >= 4 is 24.1 Å². The molecule has 0 aliphatic rings. The fourth-order valence-electron chi connectivity index (χ4n) is 3.78. The van der Waals surface area contributed by atoms with Crippen LogP contribution in [0.1, 0.15) is 85.6 Å². The maximum Gasteiger partial charge on any atom is 0.508 e. The second-order valence-electron chi connectivity index (χ2n) is 9.84. The Hall–Kier alpha value is -3.14. The average Bonchev–Trinajstić information content (AvgIpc) is 2.85. The lowest BCUT2D eigenvalue weighted by Crippen LogP contribution is -2.42. The van der Waals surface area contributed by atoms with Crippen LogP contribution in [-0.4, -0.2) is 47.9 Å². The molecule has 1 aromatic rings. The number of rotatable bonds is 15. The maximum absolute atomic E-state index is 12.6. The molecule has 1 rings (SSSR count). The van der Waals surface area contributed by atoms with Crippen LogP contribution in [0.2, 0.25) is 0 Å². The van der Waals surface area contributed by atoms with Crippen LogP contribution < -0.4 is 15.2 Å². The molecule has 6 atom stereocenters. The summed E-state index contributed by atoms with van der Waals surface area (Å²) in [6, 6.07) is 3.11. The minimum absolute atomic E-state index is 0.0120. The summed E-state index contributed by atoms with van der Waals surface area (Å²) in [7, 11) is 0. The standard InChI is InChI=1S/C28H43NO9/c1-8-16(4)13-23(30)37-21-12-11-20(15-22(21)38-24(31)14-17(5)9-2)25(26(29)27(32)33)18(6)19(7)36-28(34)35-10-3/h11-12,15-19,25-26H,8-10,13-14,29H2,1-7H3,(H,32,33)/t16?,17?,18?,19?,25?,26-/m0/s1. The van der Waals surface area contributed by atoms with E-state index in [1.165, 1.54) is 12.1 Å². The molecule has 1 aromatic carbocycles. The van der Waals surface area contributed by atoms with Crippen LogP contribution in [0.5, 0.6) is 11.5 Å². The molecular formula is C28H43NO9. The van der Waals surface area contributed by atoms with Gasteiger partial charge in [0.15, 0.2) is 11.5 Å². The molecule has 0 heterocycles. The second kappa shape index (κ2) is 16.0. The van der Waals surface area contributed by atoms with E-state index in [1.807, 2.05) is 27.7 Å². The van der Waals surface area contributed by atoms with Crippen LogP contribution in [-0.2, 0) is 23.9 Å². The van der Waals surface area contributed by atoms with E-state index in [0.717, 1.165) is 12.8 Å². The zero-order valence-electron chi connectivity index (χ0n) is 23.5. The van der Waals surface area contributed by atoms with E-state index in [4.69, 9.17) is 24.7 Å². The average molecular weight is 538 g/mol. The molecule has 10 heteroatoms. The molecule has 0 radical (unpaired) electrons. The van der Waals surface area contributed by atoms with E-state index in [-0.39, 0.29) is 42.8 Å². The summed E-state index contributed by atoms with van der Waals surface area (Å²) in [5.74, 6) is -3.45. The fraction of sp³-hybridized carbons (Fsp3) is 0.643. The Balaban J connectivity index is 3.45. The highest BCUT2D eigenvalue weighted by Crippen LogP contribution is 2.37. The Labute approximate surface area is 225 Å². The molecule has 0 bridgehead atoms. The first-order valence-electron chi connectivity index (χ1n) is 13.2. The number of benzene rings is 1. The van der Waals surface area contributed by atoms with Crippen molar-refractivity contribution in [1.82, 2.24) is 0 Å². The van der Waals surface area contributed by atoms with Gasteiger partial charge in [-0.25, -0.2) is 4.79 Å². The Kier molecular flexibility index (Phi) is 13.8. The van der Waals surface area contributed by atoms with Gasteiger partial charge < -0.3 is 29.8 Å². The zero-order chi connectivity index (χ0) is 29.0. The number of nitrogens with two attached hydrogens (primary N) is 1. The van der Waals surface area contributed by atoms with Crippen molar-refractivity contribution in [3.8, 4) is 11.5 Å². The van der Waals surface area contributed by atoms with Gasteiger partial charge in [0.25, 0.3) is 0 Å². The topological polar surface area (TPSA) is 151 Å². The molecule has 0 spiro atoms. The summed E-state index contributed by atoms with van der Waals surface area (Å²) < 4.78 is 21.3. The second-order valence-corrected chi connectivity index (χ2v) is 9.84. The zero-order valence-corrected chi connectivity index (χ0v) is 23.5. The van der Waals surface area contributed by atoms with E-state index in [9.17, 15) is 24.3 Å². The first-order chi connectivity index (χ1) is 17.8. The van der Waals surface area contributed by atoms with Gasteiger partial charge in [-0.15, -0.1) is 0 Å². The molecular weight excluding hydrogens is 494 g/mol. The third-order valence-electron chi connectivity index (χ3n) is 6.75. The van der Waals surface area contributed by atoms with E-state index in [1.54, 1.807) is 26.8 Å². The van der Waals surface area contributed by atoms with Crippen molar-refractivity contribution in [1.29, 1.82) is 0 Å². The van der Waals surface area contributed by atoms with Crippen molar-refractivity contribution in [3.05, 3.63) is 23.8 Å². The van der Waals surface area contributed by atoms with E-state index in [2.05, 4.69) is 0 Å². The van der Waals surface area contributed by atoms with Gasteiger partial charge in [-0.1, -0.05) is 53.5 Å². The lowest BCUT2D eigenvalue weighted by atomic mass is 9.79. The fourth-order valence-corrected chi connectivity index (χ4v) is 3.78. The van der Waals surface area contributed by atoms with Crippen LogP contribution in [0, 0.1) is 17.8 Å². The first-order valence-corrected chi connectivity index (χ1v) is 13.2. The predicted molar refractivity (Wildman–Crippen MR) is 141 cm³/mol. The van der Waals surface area contributed by atoms with Gasteiger partial charge in [0.05, 0.1) is 6.61 Å². The van der Waals surface area contributed by atoms with Gasteiger partial charge in [0, 0.05) is 24.7 Å². The third kappa shape index (κ3) is 10.3. The molecule has 38 heavy (non-hydrogen) atoms. The third-order valence-corrected chi connectivity index (χ3v) is 6.75. The van der Waals surface area contributed by atoms with Gasteiger partial charge in [-0.2, -0.15) is 0 Å². The summed E-state index contributed by atoms with van der Waals surface area (Å²) in [6.45, 7) is 12.8. The molecule has 3 N–H and O–H groups in total. The van der Waals surface area contributed by atoms with Crippen molar-refractivity contribution in [2.24, 2.45) is 23.5 Å². The van der Waals surface area contributed by atoms with Gasteiger partial charge >= 0.3 is 24.1 Å². The normalized spacial score (nSPS) is 15.8. The summed E-state index contributed by atoms with van der Waals surface area (Å²) >= 11 is 0. The molecule has 5 unspecified atom stereocenters. The smallest absolute Gasteiger partial charge is 0.480 e. The Morgan fingerprint density at radius 3 is 1.87 bits per heavy atom. The Morgan fingerprint density at radius 1 is 0.868 bits per heavy atom. The lowest BCUT2D eigenvalue weighted by Gasteiger charge is -2.31. The van der Waals surface area contributed by atoms with Crippen LogP contribution in [0.15, 0.2) is 18.2 Å². The molecule has 0 aliphatic carbocycles. The number of ether oxygens (including phenoxy) is 4. The summed E-state index contributed by atoms with van der Waals surface area (Å²) in [4.78, 5) is 48.9. The van der Waals surface area contributed by atoms with Gasteiger partial charge in [-0.05, 0) is 43.4 Å². The summed E-state index contributed by atoms with van der Waals surface area (Å²) in [5.41, 5.74) is 6.50. The number of carbonyl (C=O) groups excluding carboxylic acids is 3. The number of carboxylic acids is 1. The first kappa shape index (κ1) is 32.9. The summed E-state index contributed by atoms with van der Waals surface area (Å²) in [5, 5.41) is 9.72. The van der Waals surface area contributed by atoms with Crippen LogP contribution in [0.4, 0.5) is 4.79 Å². The Morgan fingerprint density at radius 2 is 1.39 bits per heavy atom. The highest BCUT2D eigenvalue weighted by Gasteiger charge is 2.36. The predicted octanol–water partition coefficient (Wildman–Crippen LogP) is 5.06. The van der Waals surface area contributed by atoms with Gasteiger partial charge in [0.2, 0.25) is 0 Å². The quantitative estimate of drug-likeness (QED) is 0.229. The molecule has 0 saturated heterocycles. The van der Waals surface area contributed by atoms with Gasteiger partial charge in [-0.3, -0.25) is 14.4 Å². The number of aliphatic carboxylic acids is 1. The van der Waals surface area contributed by atoms with Crippen molar-refractivity contribution < 1.29 is 43.2 Å². The van der Waals surface area contributed by atoms with E-state index < -0.39 is 48.0 Å². The van der Waals surface area contributed by atoms with E-state index in [0.29, 0.717) is 5.56 Å². The number of carbonyl (C=O) groups is 4. The van der Waals surface area contributed by atoms with Crippen molar-refractivity contribution in [3.63, 3.8) is 0 Å². The minimum Gasteiger partial charge on any atom is -0.480 e. The van der Waals surface area contributed by atoms with Crippen LogP contribution in [0.3, 0.4) is 0 Å². The Bertz CT molecular complexity index is 948. The number of hydrogen-bond donors (Lipinski definition) is 2. The highest BCUT2D eigenvalue weighted by atomic mass is 16.7. The molecule has 0 fully saturated rings. The number of esters is 2.